The van der Waals surface area contributed by atoms with Crippen LogP contribution in [-0.4, -0.2) is 17.5 Å². The number of amides is 1. The van der Waals surface area contributed by atoms with Gasteiger partial charge in [0.25, 0.3) is 5.91 Å². The fourth-order valence-electron chi connectivity index (χ4n) is 3.36. The molecule has 0 radical (unpaired) electrons. The molecule has 4 aromatic rings. The Labute approximate surface area is 186 Å². The zero-order chi connectivity index (χ0) is 21.6. The Hall–Kier alpha value is -3.44. The lowest BCUT2D eigenvalue weighted by molar-refractivity contribution is -0.118. The van der Waals surface area contributed by atoms with E-state index in [1.54, 1.807) is 11.3 Å². The number of aromatic nitrogens is 1. The molecule has 1 aromatic heterocycles. The van der Waals surface area contributed by atoms with E-state index in [0.717, 1.165) is 45.2 Å². The van der Waals surface area contributed by atoms with E-state index in [-0.39, 0.29) is 12.5 Å². The molecule has 0 bridgehead atoms. The average Bonchev–Trinajstić information content (AvgIpc) is 3.20. The number of hydrogen-bond donors (Lipinski definition) is 1. The molecular weight excluding hydrogens is 404 g/mol. The van der Waals surface area contributed by atoms with Crippen molar-refractivity contribution in [3.63, 3.8) is 0 Å². The molecule has 4 nitrogen and oxygen atoms in total. The maximum atomic E-state index is 12.3. The second-order valence-corrected chi connectivity index (χ2v) is 8.37. The summed E-state index contributed by atoms with van der Waals surface area (Å²) in [6.45, 7) is 4.13. The average molecular weight is 429 g/mol. The molecule has 0 aliphatic carbocycles. The molecule has 156 valence electrons. The van der Waals surface area contributed by atoms with Gasteiger partial charge in [-0.15, -0.1) is 11.3 Å². The second-order valence-electron chi connectivity index (χ2n) is 7.17. The molecule has 0 aliphatic heterocycles. The maximum Gasteiger partial charge on any atom is 0.262 e. The lowest BCUT2D eigenvalue weighted by Gasteiger charge is -2.10. The van der Waals surface area contributed by atoms with Crippen molar-refractivity contribution in [3.8, 4) is 27.6 Å². The maximum absolute atomic E-state index is 12.3. The van der Waals surface area contributed by atoms with Crippen LogP contribution < -0.4 is 10.1 Å². The van der Waals surface area contributed by atoms with Gasteiger partial charge in [0.2, 0.25) is 0 Å². The molecule has 3 aromatic carbocycles. The van der Waals surface area contributed by atoms with Gasteiger partial charge in [0, 0.05) is 21.7 Å². The van der Waals surface area contributed by atoms with Gasteiger partial charge in [0.15, 0.2) is 6.61 Å². The molecule has 0 atom stereocenters. The van der Waals surface area contributed by atoms with E-state index < -0.39 is 0 Å². The minimum absolute atomic E-state index is 0.0234. The first-order chi connectivity index (χ1) is 15.1. The van der Waals surface area contributed by atoms with E-state index in [2.05, 4.69) is 31.3 Å². The van der Waals surface area contributed by atoms with E-state index in [1.807, 2.05) is 66.7 Å². The van der Waals surface area contributed by atoms with Gasteiger partial charge >= 0.3 is 0 Å². The minimum Gasteiger partial charge on any atom is -0.483 e. The van der Waals surface area contributed by atoms with Crippen LogP contribution in [0.1, 0.15) is 17.4 Å². The van der Waals surface area contributed by atoms with Crippen molar-refractivity contribution in [2.24, 2.45) is 0 Å². The van der Waals surface area contributed by atoms with Crippen LogP contribution in [0.15, 0.2) is 78.9 Å². The summed E-state index contributed by atoms with van der Waals surface area (Å²) in [5, 5.41) is 3.90. The van der Waals surface area contributed by atoms with E-state index in [0.29, 0.717) is 0 Å². The van der Waals surface area contributed by atoms with Crippen LogP contribution in [-0.2, 0) is 11.2 Å². The van der Waals surface area contributed by atoms with Crippen LogP contribution in [0.5, 0.6) is 5.75 Å². The van der Waals surface area contributed by atoms with Crippen molar-refractivity contribution in [2.45, 2.75) is 20.3 Å². The van der Waals surface area contributed by atoms with Crippen molar-refractivity contribution < 1.29 is 9.53 Å². The monoisotopic (exact) mass is 428 g/mol. The topological polar surface area (TPSA) is 51.2 Å². The number of anilines is 1. The molecule has 0 unspecified atom stereocenters. The number of hydrogen-bond acceptors (Lipinski definition) is 4. The van der Waals surface area contributed by atoms with Crippen molar-refractivity contribution in [3.05, 3.63) is 89.3 Å². The van der Waals surface area contributed by atoms with Gasteiger partial charge in [0.1, 0.15) is 10.8 Å². The van der Waals surface area contributed by atoms with Crippen LogP contribution in [0.3, 0.4) is 0 Å². The highest BCUT2D eigenvalue weighted by atomic mass is 32.1. The molecular formula is C26H24N2O2S. The summed E-state index contributed by atoms with van der Waals surface area (Å²) in [5.41, 5.74) is 4.95. The molecule has 1 N–H and O–H groups in total. The van der Waals surface area contributed by atoms with Crippen molar-refractivity contribution in [2.75, 3.05) is 11.9 Å². The highest BCUT2D eigenvalue weighted by molar-refractivity contribution is 7.15. The molecule has 0 saturated heterocycles. The van der Waals surface area contributed by atoms with Gasteiger partial charge in [0.05, 0.1) is 5.69 Å². The van der Waals surface area contributed by atoms with Crippen molar-refractivity contribution in [1.29, 1.82) is 0 Å². The largest absolute Gasteiger partial charge is 0.483 e. The third-order valence-corrected chi connectivity index (χ3v) is 5.99. The minimum atomic E-state index is -0.185. The van der Waals surface area contributed by atoms with Crippen LogP contribution in [0.2, 0.25) is 0 Å². The number of thiazole rings is 1. The Morgan fingerprint density at radius 2 is 1.65 bits per heavy atom. The van der Waals surface area contributed by atoms with Crippen LogP contribution >= 0.6 is 11.3 Å². The Kier molecular flexibility index (Phi) is 6.43. The number of nitrogens with zero attached hydrogens (tertiary/aromatic N) is 1. The summed E-state index contributed by atoms with van der Waals surface area (Å²) in [4.78, 5) is 18.3. The molecule has 5 heteroatoms. The third kappa shape index (κ3) is 5.01. The number of carbonyl (C=O) groups is 1. The second kappa shape index (κ2) is 9.58. The molecule has 0 fully saturated rings. The smallest absolute Gasteiger partial charge is 0.262 e. The SMILES string of the molecule is CCc1ccccc1OCC(=O)Nc1ccc(-c2nc(-c3ccccc3)sc2C)cc1. The number of rotatable bonds is 7. The van der Waals surface area contributed by atoms with Crippen LogP contribution in [0.4, 0.5) is 5.69 Å². The zero-order valence-electron chi connectivity index (χ0n) is 17.6. The highest BCUT2D eigenvalue weighted by Crippen LogP contribution is 2.33. The predicted molar refractivity (Wildman–Crippen MR) is 128 cm³/mol. The zero-order valence-corrected chi connectivity index (χ0v) is 18.4. The standard InChI is InChI=1S/C26H24N2O2S/c1-3-19-9-7-8-12-23(19)30-17-24(29)27-22-15-13-20(14-16-22)25-18(2)31-26(28-25)21-10-5-4-6-11-21/h4-16H,3,17H2,1-2H3,(H,27,29). The normalized spacial score (nSPS) is 10.6. The number of ether oxygens (including phenoxy) is 1. The van der Waals surface area contributed by atoms with Gasteiger partial charge in [-0.3, -0.25) is 4.79 Å². The first-order valence-corrected chi connectivity index (χ1v) is 11.1. The van der Waals surface area contributed by atoms with Crippen LogP contribution in [0.25, 0.3) is 21.8 Å². The van der Waals surface area contributed by atoms with Crippen molar-refractivity contribution in [1.82, 2.24) is 4.98 Å². The van der Waals surface area contributed by atoms with Gasteiger partial charge in [-0.25, -0.2) is 4.98 Å². The summed E-state index contributed by atoms with van der Waals surface area (Å²) in [6, 6.07) is 25.7. The van der Waals surface area contributed by atoms with E-state index in [4.69, 9.17) is 9.72 Å². The first kappa shape index (κ1) is 20.8. The third-order valence-electron chi connectivity index (χ3n) is 4.97. The molecule has 0 aliphatic rings. The summed E-state index contributed by atoms with van der Waals surface area (Å²) in [7, 11) is 0. The fraction of sp³-hybridized carbons (Fsp3) is 0.154. The quantitative estimate of drug-likeness (QED) is 0.372. The van der Waals surface area contributed by atoms with Gasteiger partial charge in [-0.2, -0.15) is 0 Å². The Morgan fingerprint density at radius 3 is 2.39 bits per heavy atom. The molecule has 0 saturated carbocycles. The summed E-state index contributed by atoms with van der Waals surface area (Å²) in [5.74, 6) is 0.568. The van der Waals surface area contributed by atoms with E-state index in [9.17, 15) is 4.79 Å². The number of carbonyl (C=O) groups excluding carboxylic acids is 1. The van der Waals surface area contributed by atoms with Crippen molar-refractivity contribution >= 4 is 22.9 Å². The van der Waals surface area contributed by atoms with Gasteiger partial charge in [-0.05, 0) is 37.1 Å². The van der Waals surface area contributed by atoms with E-state index >= 15 is 0 Å². The lowest BCUT2D eigenvalue weighted by Crippen LogP contribution is -2.20. The lowest BCUT2D eigenvalue weighted by atomic mass is 10.1. The summed E-state index contributed by atoms with van der Waals surface area (Å²) in [6.07, 6.45) is 0.862. The summed E-state index contributed by atoms with van der Waals surface area (Å²) >= 11 is 1.69. The number of para-hydroxylation sites is 1. The van der Waals surface area contributed by atoms with Crippen LogP contribution in [0, 0.1) is 6.92 Å². The Balaban J connectivity index is 1.40. The fourth-order valence-corrected chi connectivity index (χ4v) is 4.30. The Morgan fingerprint density at radius 1 is 0.935 bits per heavy atom. The molecule has 31 heavy (non-hydrogen) atoms. The number of aryl methyl sites for hydroxylation is 2. The molecule has 0 spiro atoms. The van der Waals surface area contributed by atoms with Gasteiger partial charge in [-0.1, -0.05) is 67.6 Å². The first-order valence-electron chi connectivity index (χ1n) is 10.3. The molecule has 1 heterocycles. The number of nitrogens with one attached hydrogen (secondary N) is 1. The van der Waals surface area contributed by atoms with E-state index in [1.165, 1.54) is 4.88 Å². The highest BCUT2D eigenvalue weighted by Gasteiger charge is 2.12. The van der Waals surface area contributed by atoms with Gasteiger partial charge < -0.3 is 10.1 Å². The Bertz CT molecular complexity index is 1170. The summed E-state index contributed by atoms with van der Waals surface area (Å²) < 4.78 is 5.69. The molecule has 4 rings (SSSR count). The number of benzene rings is 3. The predicted octanol–water partition coefficient (Wildman–Crippen LogP) is 6.37. The molecule has 1 amide bonds.